The number of anilines is 2. The van der Waals surface area contributed by atoms with Crippen LogP contribution in [0.25, 0.3) is 0 Å². The van der Waals surface area contributed by atoms with Crippen molar-refractivity contribution < 1.29 is 13.2 Å². The van der Waals surface area contributed by atoms with Gasteiger partial charge in [0.05, 0.1) is 12.2 Å². The van der Waals surface area contributed by atoms with Crippen LogP contribution in [0.2, 0.25) is 0 Å². The van der Waals surface area contributed by atoms with Gasteiger partial charge >= 0.3 is 0 Å². The lowest BCUT2D eigenvalue weighted by molar-refractivity contribution is 0.102. The molecule has 0 atom stereocenters. The Bertz CT molecular complexity index is 1290. The molecule has 32 heavy (non-hydrogen) atoms. The van der Waals surface area contributed by atoms with Gasteiger partial charge in [0.15, 0.2) is 5.84 Å². The van der Waals surface area contributed by atoms with E-state index in [0.717, 1.165) is 12.8 Å². The van der Waals surface area contributed by atoms with E-state index in [0.29, 0.717) is 28.7 Å². The van der Waals surface area contributed by atoms with Gasteiger partial charge in [-0.05, 0) is 49.2 Å². The third-order valence-electron chi connectivity index (χ3n) is 5.87. The summed E-state index contributed by atoms with van der Waals surface area (Å²) in [7, 11) is -3.69. The number of amidine groups is 1. The van der Waals surface area contributed by atoms with E-state index in [-0.39, 0.29) is 16.6 Å². The molecule has 2 aliphatic rings. The lowest BCUT2D eigenvalue weighted by Crippen LogP contribution is -2.20. The third kappa shape index (κ3) is 3.91. The first-order valence-electron chi connectivity index (χ1n) is 10.7. The fraction of sp³-hybridized carbons (Fsp3) is 0.261. The summed E-state index contributed by atoms with van der Waals surface area (Å²) in [4.78, 5) is 13.0. The largest absolute Gasteiger partial charge is 0.339 e. The second-order valence-corrected chi connectivity index (χ2v) is 9.59. The molecular formula is C23H23N5O3S. The van der Waals surface area contributed by atoms with Crippen LogP contribution in [0.15, 0.2) is 70.1 Å². The van der Waals surface area contributed by atoms with Crippen LogP contribution >= 0.6 is 0 Å². The van der Waals surface area contributed by atoms with Gasteiger partial charge in [-0.2, -0.15) is 13.5 Å². The minimum Gasteiger partial charge on any atom is -0.339 e. The monoisotopic (exact) mass is 449 g/mol. The first-order chi connectivity index (χ1) is 15.5. The minimum absolute atomic E-state index is 0.188. The van der Waals surface area contributed by atoms with Crippen LogP contribution in [0.4, 0.5) is 11.5 Å². The molecule has 2 heterocycles. The van der Waals surface area contributed by atoms with Crippen molar-refractivity contribution in [1.82, 2.24) is 9.78 Å². The summed E-state index contributed by atoms with van der Waals surface area (Å²) in [5.74, 6) is 0.751. The molecule has 1 fully saturated rings. The van der Waals surface area contributed by atoms with E-state index < -0.39 is 10.0 Å². The smallest absolute Gasteiger partial charge is 0.285 e. The molecule has 1 aliphatic heterocycles. The summed E-state index contributed by atoms with van der Waals surface area (Å²) < 4.78 is 30.2. The molecule has 1 aliphatic carbocycles. The number of nitrogens with zero attached hydrogens (tertiary/aromatic N) is 3. The van der Waals surface area contributed by atoms with Gasteiger partial charge in [0, 0.05) is 22.9 Å². The predicted octanol–water partition coefficient (Wildman–Crippen LogP) is 4.20. The normalized spacial score (nSPS) is 17.4. The Labute approximate surface area is 186 Å². The van der Waals surface area contributed by atoms with Crippen molar-refractivity contribution in [2.45, 2.75) is 43.0 Å². The Morgan fingerprint density at radius 3 is 2.50 bits per heavy atom. The van der Waals surface area contributed by atoms with E-state index in [1.54, 1.807) is 48.7 Å². The van der Waals surface area contributed by atoms with Crippen molar-refractivity contribution in [3.8, 4) is 0 Å². The zero-order valence-electron chi connectivity index (χ0n) is 17.4. The highest BCUT2D eigenvalue weighted by atomic mass is 32.2. The van der Waals surface area contributed by atoms with Crippen LogP contribution in [-0.4, -0.2) is 29.9 Å². The first-order valence-corrected chi connectivity index (χ1v) is 12.1. The van der Waals surface area contributed by atoms with Gasteiger partial charge in [0.2, 0.25) is 0 Å². The summed E-state index contributed by atoms with van der Waals surface area (Å²) in [6, 6.07) is 15.7. The first kappa shape index (κ1) is 20.4. The summed E-state index contributed by atoms with van der Waals surface area (Å²) in [5, 5.41) is 10.4. The average molecular weight is 450 g/mol. The Balaban J connectivity index is 1.29. The number of fused-ring (bicyclic) bond motifs is 1. The van der Waals surface area contributed by atoms with Gasteiger partial charge in [-0.1, -0.05) is 31.4 Å². The summed E-state index contributed by atoms with van der Waals surface area (Å²) >= 11 is 0. The molecule has 1 aromatic heterocycles. The highest BCUT2D eigenvalue weighted by molar-refractivity contribution is 7.90. The number of carbonyl (C=O) groups excluding carboxylic acids is 1. The van der Waals surface area contributed by atoms with Gasteiger partial charge in [-0.15, -0.1) is 4.40 Å². The minimum atomic E-state index is -3.69. The quantitative estimate of drug-likeness (QED) is 0.621. The Morgan fingerprint density at radius 1 is 0.969 bits per heavy atom. The number of carbonyl (C=O) groups is 1. The maximum absolute atomic E-state index is 12.8. The van der Waals surface area contributed by atoms with Crippen LogP contribution < -0.4 is 10.6 Å². The molecule has 9 heteroatoms. The maximum Gasteiger partial charge on any atom is 0.285 e. The number of sulfonamides is 1. The van der Waals surface area contributed by atoms with Crippen LogP contribution in [0.3, 0.4) is 0 Å². The molecule has 0 radical (unpaired) electrons. The van der Waals surface area contributed by atoms with Crippen LogP contribution in [0, 0.1) is 0 Å². The lowest BCUT2D eigenvalue weighted by atomic mass is 9.96. The number of benzene rings is 2. The van der Waals surface area contributed by atoms with Crippen LogP contribution in [-0.2, 0) is 10.0 Å². The summed E-state index contributed by atoms with van der Waals surface area (Å²) in [5.41, 5.74) is 1.66. The van der Waals surface area contributed by atoms with E-state index in [1.165, 1.54) is 25.3 Å². The fourth-order valence-electron chi connectivity index (χ4n) is 4.26. The second kappa shape index (κ2) is 8.23. The highest BCUT2D eigenvalue weighted by Crippen LogP contribution is 2.30. The Kier molecular flexibility index (Phi) is 5.26. The maximum atomic E-state index is 12.8. The van der Waals surface area contributed by atoms with Gasteiger partial charge in [0.25, 0.3) is 15.9 Å². The number of hydrogen-bond acceptors (Lipinski definition) is 5. The zero-order chi connectivity index (χ0) is 22.1. The molecule has 164 valence electrons. The molecule has 1 saturated carbocycles. The standard InChI is InChI=1S/C23H23N5O3S/c29-23(26-21-14-15-24-28(21)18-6-2-1-3-7-18)16-10-12-17(13-11-16)25-22-19-8-4-5-9-20(19)32(30,31)27-22/h4-5,8-15,18H,1-3,6-7H2,(H,25,27)(H,26,29). The van der Waals surface area contributed by atoms with Gasteiger partial charge in [-0.3, -0.25) is 4.79 Å². The third-order valence-corrected chi connectivity index (χ3v) is 7.21. The van der Waals surface area contributed by atoms with E-state index in [2.05, 4.69) is 20.1 Å². The molecule has 0 saturated heterocycles. The fourth-order valence-corrected chi connectivity index (χ4v) is 5.43. The van der Waals surface area contributed by atoms with Crippen molar-refractivity contribution >= 4 is 33.3 Å². The summed E-state index contributed by atoms with van der Waals surface area (Å²) in [6.07, 6.45) is 7.49. The van der Waals surface area contributed by atoms with Crippen molar-refractivity contribution in [2.75, 3.05) is 10.6 Å². The molecule has 3 aromatic rings. The van der Waals surface area contributed by atoms with Gasteiger partial charge in [0.1, 0.15) is 10.7 Å². The molecule has 8 nitrogen and oxygen atoms in total. The molecule has 2 N–H and O–H groups in total. The SMILES string of the molecule is O=C(Nc1ccnn1C1CCCCC1)c1ccc(NC2=NS(=O)(=O)c3ccccc32)cc1. The number of rotatable bonds is 4. The Morgan fingerprint density at radius 2 is 1.72 bits per heavy atom. The summed E-state index contributed by atoms with van der Waals surface area (Å²) in [6.45, 7) is 0. The van der Waals surface area contributed by atoms with Crippen molar-refractivity contribution in [1.29, 1.82) is 0 Å². The van der Waals surface area contributed by atoms with E-state index in [1.807, 2.05) is 10.7 Å². The Hall–Kier alpha value is -3.46. The molecule has 0 spiro atoms. The van der Waals surface area contributed by atoms with Crippen molar-refractivity contribution in [3.05, 3.63) is 71.9 Å². The highest BCUT2D eigenvalue weighted by Gasteiger charge is 2.28. The van der Waals surface area contributed by atoms with Crippen LogP contribution in [0.1, 0.15) is 54.1 Å². The molecule has 0 bridgehead atoms. The molecular weight excluding hydrogens is 426 g/mol. The zero-order valence-corrected chi connectivity index (χ0v) is 18.2. The van der Waals surface area contributed by atoms with Gasteiger partial charge < -0.3 is 10.6 Å². The van der Waals surface area contributed by atoms with E-state index in [4.69, 9.17) is 0 Å². The lowest BCUT2D eigenvalue weighted by Gasteiger charge is -2.23. The molecule has 2 aromatic carbocycles. The molecule has 0 unspecified atom stereocenters. The van der Waals surface area contributed by atoms with Crippen molar-refractivity contribution in [3.63, 3.8) is 0 Å². The van der Waals surface area contributed by atoms with Crippen molar-refractivity contribution in [2.24, 2.45) is 4.40 Å². The predicted molar refractivity (Wildman–Crippen MR) is 123 cm³/mol. The second-order valence-electron chi connectivity index (χ2n) is 8.02. The topological polar surface area (TPSA) is 105 Å². The van der Waals surface area contributed by atoms with E-state index in [9.17, 15) is 13.2 Å². The average Bonchev–Trinajstić information content (AvgIpc) is 3.37. The number of nitrogens with one attached hydrogen (secondary N) is 2. The number of amides is 1. The number of aromatic nitrogens is 2. The van der Waals surface area contributed by atoms with Crippen LogP contribution in [0.5, 0.6) is 0 Å². The van der Waals surface area contributed by atoms with Gasteiger partial charge in [-0.25, -0.2) is 4.68 Å². The number of hydrogen-bond donors (Lipinski definition) is 2. The van der Waals surface area contributed by atoms with E-state index >= 15 is 0 Å². The molecule has 1 amide bonds. The molecule has 5 rings (SSSR count).